The maximum atomic E-state index is 11.9. The van der Waals surface area contributed by atoms with Gasteiger partial charge in [0, 0.05) is 19.6 Å². The van der Waals surface area contributed by atoms with Crippen LogP contribution in [0.3, 0.4) is 0 Å². The highest BCUT2D eigenvalue weighted by Crippen LogP contribution is 2.19. The van der Waals surface area contributed by atoms with E-state index in [0.29, 0.717) is 12.5 Å². The molecule has 0 aromatic carbocycles. The van der Waals surface area contributed by atoms with Crippen molar-refractivity contribution in [3.05, 3.63) is 0 Å². The third kappa shape index (κ3) is 11.9. The fourth-order valence-electron chi connectivity index (χ4n) is 1.37. The maximum Gasteiger partial charge on any atom is 0.390 e. The molecule has 0 spiro atoms. The monoisotopic (exact) mass is 256 g/mol. The molecule has 104 valence electrons. The third-order valence-electron chi connectivity index (χ3n) is 2.23. The maximum absolute atomic E-state index is 11.9. The van der Waals surface area contributed by atoms with E-state index in [1.807, 2.05) is 0 Å². The number of rotatable bonds is 8. The molecule has 0 amide bonds. The fraction of sp³-hybridized carbons (Fsp3) is 1.00. The largest absolute Gasteiger partial charge is 0.390 e. The van der Waals surface area contributed by atoms with Crippen LogP contribution >= 0.6 is 0 Å². The second-order valence-electron chi connectivity index (χ2n) is 4.83. The molecule has 0 radical (unpaired) electrons. The standard InChI is InChI=1S/C11H23F3N2O/c1-9(2)6-15-7-10(17)8-16(3)5-4-11(12,13)14/h9-10,15,17H,4-8H2,1-3H3. The number of nitrogens with one attached hydrogen (secondary N) is 1. The summed E-state index contributed by atoms with van der Waals surface area (Å²) in [6, 6.07) is 0. The van der Waals surface area contributed by atoms with E-state index < -0.39 is 18.7 Å². The lowest BCUT2D eigenvalue weighted by atomic mass is 10.2. The normalized spacial score (nSPS) is 14.6. The van der Waals surface area contributed by atoms with E-state index >= 15 is 0 Å². The molecule has 0 rings (SSSR count). The van der Waals surface area contributed by atoms with E-state index in [9.17, 15) is 18.3 Å². The minimum atomic E-state index is -4.13. The van der Waals surface area contributed by atoms with Crippen LogP contribution in [-0.4, -0.2) is 55.5 Å². The zero-order valence-electron chi connectivity index (χ0n) is 10.7. The second kappa shape index (κ2) is 7.89. The molecule has 0 heterocycles. The van der Waals surface area contributed by atoms with Crippen molar-refractivity contribution in [1.29, 1.82) is 0 Å². The van der Waals surface area contributed by atoms with Gasteiger partial charge in [0.05, 0.1) is 12.5 Å². The van der Waals surface area contributed by atoms with Crippen molar-refractivity contribution < 1.29 is 18.3 Å². The molecule has 0 aromatic rings. The SMILES string of the molecule is CC(C)CNCC(O)CN(C)CCC(F)(F)F. The average Bonchev–Trinajstić information content (AvgIpc) is 2.13. The van der Waals surface area contributed by atoms with E-state index in [1.54, 1.807) is 7.05 Å². The second-order valence-corrected chi connectivity index (χ2v) is 4.83. The molecule has 3 nitrogen and oxygen atoms in total. The summed E-state index contributed by atoms with van der Waals surface area (Å²) >= 11 is 0. The van der Waals surface area contributed by atoms with Crippen molar-refractivity contribution in [3.63, 3.8) is 0 Å². The van der Waals surface area contributed by atoms with Gasteiger partial charge in [-0.05, 0) is 19.5 Å². The zero-order chi connectivity index (χ0) is 13.5. The Kier molecular flexibility index (Phi) is 7.74. The minimum absolute atomic E-state index is 0.0786. The van der Waals surface area contributed by atoms with Crippen LogP contribution in [0.15, 0.2) is 0 Å². The van der Waals surface area contributed by atoms with Crippen LogP contribution in [0.1, 0.15) is 20.3 Å². The zero-order valence-corrected chi connectivity index (χ0v) is 10.7. The highest BCUT2D eigenvalue weighted by Gasteiger charge is 2.27. The van der Waals surface area contributed by atoms with Gasteiger partial charge in [-0.1, -0.05) is 13.8 Å². The summed E-state index contributed by atoms with van der Waals surface area (Å²) in [6.45, 7) is 5.48. The van der Waals surface area contributed by atoms with Crippen LogP contribution < -0.4 is 5.32 Å². The summed E-state index contributed by atoms with van der Waals surface area (Å²) in [4.78, 5) is 1.50. The first-order valence-electron chi connectivity index (χ1n) is 5.84. The predicted octanol–water partition coefficient (Wildman–Crippen LogP) is 1.48. The van der Waals surface area contributed by atoms with Crippen molar-refractivity contribution in [3.8, 4) is 0 Å². The number of likely N-dealkylation sites (N-methyl/N-ethyl adjacent to an activating group) is 1. The molecule has 6 heteroatoms. The Morgan fingerprint density at radius 3 is 2.29 bits per heavy atom. The van der Waals surface area contributed by atoms with Gasteiger partial charge in [-0.15, -0.1) is 0 Å². The molecule has 0 fully saturated rings. The van der Waals surface area contributed by atoms with E-state index in [0.717, 1.165) is 6.54 Å². The number of nitrogens with zero attached hydrogens (tertiary/aromatic N) is 1. The van der Waals surface area contributed by atoms with Crippen LogP contribution in [0.5, 0.6) is 0 Å². The summed E-state index contributed by atoms with van der Waals surface area (Å²) in [6.07, 6.45) is -5.60. The van der Waals surface area contributed by atoms with Gasteiger partial charge in [0.1, 0.15) is 0 Å². The van der Waals surface area contributed by atoms with Crippen molar-refractivity contribution >= 4 is 0 Å². The van der Waals surface area contributed by atoms with E-state index in [4.69, 9.17) is 0 Å². The van der Waals surface area contributed by atoms with Crippen LogP contribution in [0.2, 0.25) is 0 Å². The Balaban J connectivity index is 3.62. The van der Waals surface area contributed by atoms with Crippen LogP contribution in [0, 0.1) is 5.92 Å². The van der Waals surface area contributed by atoms with Gasteiger partial charge in [0.2, 0.25) is 0 Å². The highest BCUT2D eigenvalue weighted by atomic mass is 19.4. The Morgan fingerprint density at radius 1 is 1.24 bits per heavy atom. The smallest absolute Gasteiger partial charge is 0.390 e. The van der Waals surface area contributed by atoms with E-state index in [2.05, 4.69) is 19.2 Å². The van der Waals surface area contributed by atoms with Gasteiger partial charge >= 0.3 is 6.18 Å². The van der Waals surface area contributed by atoms with Gasteiger partial charge in [0.15, 0.2) is 0 Å². The molecule has 0 aliphatic heterocycles. The summed E-state index contributed by atoms with van der Waals surface area (Å²) in [5.41, 5.74) is 0. The molecule has 17 heavy (non-hydrogen) atoms. The number of aliphatic hydroxyl groups is 1. The molecular formula is C11H23F3N2O. The Labute approximate surface area is 101 Å². The highest BCUT2D eigenvalue weighted by molar-refractivity contribution is 4.66. The first-order chi connectivity index (χ1) is 7.70. The topological polar surface area (TPSA) is 35.5 Å². The Morgan fingerprint density at radius 2 is 1.82 bits per heavy atom. The number of aliphatic hydroxyl groups excluding tert-OH is 1. The van der Waals surface area contributed by atoms with Crippen molar-refractivity contribution in [2.45, 2.75) is 32.5 Å². The molecule has 2 N–H and O–H groups in total. The van der Waals surface area contributed by atoms with E-state index in [1.165, 1.54) is 4.90 Å². The number of hydrogen-bond acceptors (Lipinski definition) is 3. The quantitative estimate of drug-likeness (QED) is 0.690. The summed E-state index contributed by atoms with van der Waals surface area (Å²) in [5.74, 6) is 0.491. The van der Waals surface area contributed by atoms with Gasteiger partial charge in [-0.25, -0.2) is 0 Å². The molecule has 0 aliphatic rings. The predicted molar refractivity (Wildman–Crippen MR) is 61.9 cm³/mol. The number of hydrogen-bond donors (Lipinski definition) is 2. The van der Waals surface area contributed by atoms with Crippen LogP contribution in [0.25, 0.3) is 0 Å². The molecule has 1 unspecified atom stereocenters. The Bertz CT molecular complexity index is 198. The summed E-state index contributed by atoms with van der Waals surface area (Å²) < 4.78 is 35.8. The van der Waals surface area contributed by atoms with Gasteiger partial charge in [-0.2, -0.15) is 13.2 Å². The summed E-state index contributed by atoms with van der Waals surface area (Å²) in [7, 11) is 1.58. The lowest BCUT2D eigenvalue weighted by molar-refractivity contribution is -0.137. The lowest BCUT2D eigenvalue weighted by Gasteiger charge is -2.21. The van der Waals surface area contributed by atoms with Crippen molar-refractivity contribution in [2.24, 2.45) is 5.92 Å². The van der Waals surface area contributed by atoms with Gasteiger partial charge in [0.25, 0.3) is 0 Å². The molecule has 0 bridgehead atoms. The molecule has 0 saturated carbocycles. The van der Waals surface area contributed by atoms with Crippen LogP contribution in [-0.2, 0) is 0 Å². The van der Waals surface area contributed by atoms with E-state index in [-0.39, 0.29) is 13.1 Å². The third-order valence-corrected chi connectivity index (χ3v) is 2.23. The molecule has 0 saturated heterocycles. The molecule has 0 aliphatic carbocycles. The summed E-state index contributed by atoms with van der Waals surface area (Å²) in [5, 5.41) is 12.6. The molecule has 1 atom stereocenters. The van der Waals surface area contributed by atoms with Gasteiger partial charge in [-0.3, -0.25) is 0 Å². The van der Waals surface area contributed by atoms with Crippen molar-refractivity contribution in [2.75, 3.05) is 33.2 Å². The first kappa shape index (κ1) is 16.7. The Hall–Kier alpha value is -0.330. The number of halogens is 3. The van der Waals surface area contributed by atoms with Crippen molar-refractivity contribution in [1.82, 2.24) is 10.2 Å². The first-order valence-corrected chi connectivity index (χ1v) is 5.84. The minimum Gasteiger partial charge on any atom is -0.390 e. The molecular weight excluding hydrogens is 233 g/mol. The van der Waals surface area contributed by atoms with Crippen LogP contribution in [0.4, 0.5) is 13.2 Å². The average molecular weight is 256 g/mol. The molecule has 0 aromatic heterocycles. The fourth-order valence-corrected chi connectivity index (χ4v) is 1.37. The number of alkyl halides is 3. The lowest BCUT2D eigenvalue weighted by Crippen LogP contribution is -2.38. The van der Waals surface area contributed by atoms with Gasteiger partial charge < -0.3 is 15.3 Å².